The summed E-state index contributed by atoms with van der Waals surface area (Å²) in [5.74, 6) is -0.273. The average Bonchev–Trinajstić information content (AvgIpc) is 3.17. The van der Waals surface area contributed by atoms with Gasteiger partial charge in [-0.2, -0.15) is 4.31 Å². The largest absolute Gasteiger partial charge is 0.379 e. The molecule has 9 heteroatoms. The van der Waals surface area contributed by atoms with Crippen LogP contribution in [0.4, 0.5) is 0 Å². The molecule has 3 rings (SSSR count). The lowest BCUT2D eigenvalue weighted by Gasteiger charge is -2.26. The Hall–Kier alpha value is -1.52. The second kappa shape index (κ2) is 9.11. The molecule has 0 radical (unpaired) electrons. The van der Waals surface area contributed by atoms with Crippen LogP contribution in [0.1, 0.15) is 24.0 Å². The van der Waals surface area contributed by atoms with Crippen LogP contribution in [0.5, 0.6) is 0 Å². The lowest BCUT2D eigenvalue weighted by molar-refractivity contribution is -0.132. The molecule has 3 N–H and O–H groups in total. The summed E-state index contributed by atoms with van der Waals surface area (Å²) in [7, 11) is -3.42. The fraction of sp³-hybridized carbons (Fsp3) is 0.611. The Morgan fingerprint density at radius 3 is 2.56 bits per heavy atom. The molecule has 2 saturated heterocycles. The Kier molecular flexibility index (Phi) is 6.83. The molecule has 1 aromatic carbocycles. The number of nitrogens with zero attached hydrogens (tertiary/aromatic N) is 1. The number of sulfonamides is 1. The highest BCUT2D eigenvalue weighted by Crippen LogP contribution is 2.20. The summed E-state index contributed by atoms with van der Waals surface area (Å²) in [5, 5.41) is 2.86. The second-order valence-corrected chi connectivity index (χ2v) is 8.78. The summed E-state index contributed by atoms with van der Waals surface area (Å²) in [6, 6.07) is 7.27. The molecule has 0 bridgehead atoms. The number of morpholine rings is 1. The molecular weight excluding hydrogens is 370 g/mol. The maximum absolute atomic E-state index is 12.7. The van der Waals surface area contributed by atoms with Crippen LogP contribution in [0, 0.1) is 0 Å². The molecule has 8 nitrogen and oxygen atoms in total. The van der Waals surface area contributed by atoms with Gasteiger partial charge < -0.3 is 20.5 Å². The smallest absolute Gasteiger partial charge is 0.249 e. The first-order valence-corrected chi connectivity index (χ1v) is 10.9. The molecule has 1 aromatic rings. The van der Waals surface area contributed by atoms with Gasteiger partial charge in [0, 0.05) is 26.2 Å². The molecule has 2 atom stereocenters. The van der Waals surface area contributed by atoms with Gasteiger partial charge in [0.2, 0.25) is 15.9 Å². The molecule has 0 aromatic heterocycles. The molecule has 0 saturated carbocycles. The second-order valence-electron chi connectivity index (χ2n) is 6.81. The number of carbonyl (C=O) groups excluding carboxylic acids is 1. The van der Waals surface area contributed by atoms with Crippen molar-refractivity contribution >= 4 is 15.9 Å². The molecule has 2 aliphatic heterocycles. The standard InChI is InChI=1S/C18H27N3O5S/c19-11-16-5-6-17(26-16)18(22)20-12-14-3-1-2-4-15(14)13-27(23,24)21-7-9-25-10-8-21/h1-4,16-17H,5-13,19H2,(H,20,22)/t16-,17+/m1/s1. The quantitative estimate of drug-likeness (QED) is 0.669. The predicted molar refractivity (Wildman–Crippen MR) is 100 cm³/mol. The van der Waals surface area contributed by atoms with E-state index in [0.717, 1.165) is 12.0 Å². The van der Waals surface area contributed by atoms with Gasteiger partial charge in [-0.15, -0.1) is 0 Å². The normalized spacial score (nSPS) is 24.0. The molecule has 2 heterocycles. The Bertz CT molecular complexity index is 749. The number of benzene rings is 1. The number of hydrogen-bond acceptors (Lipinski definition) is 6. The van der Waals surface area contributed by atoms with Gasteiger partial charge in [0.15, 0.2) is 0 Å². The first kappa shape index (κ1) is 20.2. The van der Waals surface area contributed by atoms with Gasteiger partial charge in [0.25, 0.3) is 0 Å². The van der Waals surface area contributed by atoms with Crippen LogP contribution in [-0.4, -0.2) is 63.7 Å². The van der Waals surface area contributed by atoms with Crippen molar-refractivity contribution in [2.75, 3.05) is 32.8 Å². The van der Waals surface area contributed by atoms with E-state index in [9.17, 15) is 13.2 Å². The average molecular weight is 397 g/mol. The third kappa shape index (κ3) is 5.26. The molecule has 0 aliphatic carbocycles. The number of carbonyl (C=O) groups is 1. The summed E-state index contributed by atoms with van der Waals surface area (Å²) < 4.78 is 37.6. The van der Waals surface area contributed by atoms with Crippen LogP contribution >= 0.6 is 0 Å². The fourth-order valence-corrected chi connectivity index (χ4v) is 4.91. The SMILES string of the molecule is NC[C@H]1CC[C@@H](C(=O)NCc2ccccc2CS(=O)(=O)N2CCOCC2)O1. The number of hydrogen-bond donors (Lipinski definition) is 2. The topological polar surface area (TPSA) is 111 Å². The van der Waals surface area contributed by atoms with Crippen LogP contribution in [0.2, 0.25) is 0 Å². The lowest BCUT2D eigenvalue weighted by atomic mass is 10.1. The first-order valence-electron chi connectivity index (χ1n) is 9.25. The highest BCUT2D eigenvalue weighted by Gasteiger charge is 2.30. The van der Waals surface area contributed by atoms with Gasteiger partial charge in [-0.05, 0) is 24.0 Å². The summed E-state index contributed by atoms with van der Waals surface area (Å²) >= 11 is 0. The van der Waals surface area contributed by atoms with Crippen molar-refractivity contribution in [3.8, 4) is 0 Å². The zero-order valence-electron chi connectivity index (χ0n) is 15.3. The van der Waals surface area contributed by atoms with Gasteiger partial charge in [-0.1, -0.05) is 24.3 Å². The van der Waals surface area contributed by atoms with E-state index >= 15 is 0 Å². The first-order chi connectivity index (χ1) is 13.0. The van der Waals surface area contributed by atoms with E-state index < -0.39 is 16.1 Å². The molecule has 0 unspecified atom stereocenters. The maximum atomic E-state index is 12.7. The van der Waals surface area contributed by atoms with Crippen LogP contribution in [0.15, 0.2) is 24.3 Å². The molecule has 150 valence electrons. The number of amides is 1. The van der Waals surface area contributed by atoms with Crippen LogP contribution in [-0.2, 0) is 36.6 Å². The number of nitrogens with two attached hydrogens (primary N) is 1. The minimum atomic E-state index is -3.42. The van der Waals surface area contributed by atoms with Crippen molar-refractivity contribution in [3.63, 3.8) is 0 Å². The fourth-order valence-electron chi connectivity index (χ4n) is 3.35. The Morgan fingerprint density at radius 1 is 1.19 bits per heavy atom. The van der Waals surface area contributed by atoms with Gasteiger partial charge in [-0.3, -0.25) is 4.79 Å². The summed E-state index contributed by atoms with van der Waals surface area (Å²) in [6.07, 6.45) is 0.887. The van der Waals surface area contributed by atoms with E-state index in [1.165, 1.54) is 4.31 Å². The Labute approximate surface area is 160 Å². The van der Waals surface area contributed by atoms with Gasteiger partial charge >= 0.3 is 0 Å². The maximum Gasteiger partial charge on any atom is 0.249 e. The van der Waals surface area contributed by atoms with Crippen molar-refractivity contribution in [3.05, 3.63) is 35.4 Å². The highest BCUT2D eigenvalue weighted by atomic mass is 32.2. The third-order valence-corrected chi connectivity index (χ3v) is 6.76. The predicted octanol–water partition coefficient (Wildman–Crippen LogP) is -0.0289. The van der Waals surface area contributed by atoms with Crippen LogP contribution in [0.25, 0.3) is 0 Å². The lowest BCUT2D eigenvalue weighted by Crippen LogP contribution is -2.41. The summed E-state index contributed by atoms with van der Waals surface area (Å²) in [6.45, 7) is 2.27. The van der Waals surface area contributed by atoms with Crippen LogP contribution < -0.4 is 11.1 Å². The zero-order chi connectivity index (χ0) is 19.3. The summed E-state index contributed by atoms with van der Waals surface area (Å²) in [4.78, 5) is 12.3. The third-order valence-electron chi connectivity index (χ3n) is 4.94. The van der Waals surface area contributed by atoms with Gasteiger partial charge in [-0.25, -0.2) is 8.42 Å². The molecule has 1 amide bonds. The zero-order valence-corrected chi connectivity index (χ0v) is 16.1. The van der Waals surface area contributed by atoms with E-state index in [2.05, 4.69) is 5.32 Å². The Balaban J connectivity index is 1.61. The Morgan fingerprint density at radius 2 is 1.89 bits per heavy atom. The van der Waals surface area contributed by atoms with Crippen molar-refractivity contribution in [2.45, 2.75) is 37.3 Å². The van der Waals surface area contributed by atoms with Crippen LogP contribution in [0.3, 0.4) is 0 Å². The van der Waals surface area contributed by atoms with E-state index in [0.29, 0.717) is 44.8 Å². The number of rotatable bonds is 7. The highest BCUT2D eigenvalue weighted by molar-refractivity contribution is 7.88. The minimum Gasteiger partial charge on any atom is -0.379 e. The number of ether oxygens (including phenoxy) is 2. The molecule has 0 spiro atoms. The van der Waals surface area contributed by atoms with Gasteiger partial charge in [0.1, 0.15) is 6.10 Å². The van der Waals surface area contributed by atoms with E-state index in [1.54, 1.807) is 12.1 Å². The summed E-state index contributed by atoms with van der Waals surface area (Å²) in [5.41, 5.74) is 7.06. The number of nitrogens with one attached hydrogen (secondary N) is 1. The molecule has 2 aliphatic rings. The van der Waals surface area contributed by atoms with E-state index in [4.69, 9.17) is 15.2 Å². The van der Waals surface area contributed by atoms with Crippen molar-refractivity contribution in [2.24, 2.45) is 5.73 Å². The van der Waals surface area contributed by atoms with E-state index in [-0.39, 0.29) is 24.3 Å². The monoisotopic (exact) mass is 397 g/mol. The van der Waals surface area contributed by atoms with E-state index in [1.807, 2.05) is 12.1 Å². The molecular formula is C18H27N3O5S. The molecule has 27 heavy (non-hydrogen) atoms. The molecule has 2 fully saturated rings. The van der Waals surface area contributed by atoms with Crippen molar-refractivity contribution in [1.82, 2.24) is 9.62 Å². The van der Waals surface area contributed by atoms with Crippen molar-refractivity contribution < 1.29 is 22.7 Å². The minimum absolute atomic E-state index is 0.0632. The van der Waals surface area contributed by atoms with Gasteiger partial charge in [0.05, 0.1) is 25.1 Å². The van der Waals surface area contributed by atoms with Crippen molar-refractivity contribution in [1.29, 1.82) is 0 Å².